The van der Waals surface area contributed by atoms with Crippen LogP contribution in [0.5, 0.6) is 0 Å². The lowest BCUT2D eigenvalue weighted by molar-refractivity contribution is -0.138. The zero-order valence-corrected chi connectivity index (χ0v) is 16.7. The molecule has 11 heteroatoms. The molecule has 1 atom stereocenters. The first-order chi connectivity index (χ1) is 14.7. The van der Waals surface area contributed by atoms with Crippen LogP contribution in [-0.2, 0) is 12.6 Å². The second kappa shape index (κ2) is 7.16. The topological polar surface area (TPSA) is 78.0 Å². The number of halogens is 4. The van der Waals surface area contributed by atoms with Crippen molar-refractivity contribution in [2.45, 2.75) is 37.8 Å². The largest absolute Gasteiger partial charge is 0.417 e. The lowest BCUT2D eigenvalue weighted by Gasteiger charge is -2.59. The van der Waals surface area contributed by atoms with E-state index in [1.165, 1.54) is 6.33 Å². The Labute approximate surface area is 175 Å². The van der Waals surface area contributed by atoms with Gasteiger partial charge in [0.1, 0.15) is 18.0 Å². The van der Waals surface area contributed by atoms with Gasteiger partial charge in [-0.05, 0) is 37.7 Å². The number of carbonyl (C=O) groups excluding carboxylic acids is 1. The van der Waals surface area contributed by atoms with E-state index in [2.05, 4.69) is 20.2 Å². The number of aromatic amines is 1. The fourth-order valence-corrected chi connectivity index (χ4v) is 5.28. The summed E-state index contributed by atoms with van der Waals surface area (Å²) in [5.74, 6) is 0.261. The molecule has 2 aliphatic heterocycles. The van der Waals surface area contributed by atoms with Gasteiger partial charge < -0.3 is 9.80 Å². The summed E-state index contributed by atoms with van der Waals surface area (Å²) >= 11 is 0. The minimum atomic E-state index is -4.60. The van der Waals surface area contributed by atoms with E-state index in [1.54, 1.807) is 0 Å². The van der Waals surface area contributed by atoms with E-state index >= 15 is 0 Å². The van der Waals surface area contributed by atoms with Gasteiger partial charge in [0, 0.05) is 43.7 Å². The second-order valence-corrected chi connectivity index (χ2v) is 9.07. The first-order valence-electron chi connectivity index (χ1n) is 10.3. The quantitative estimate of drug-likeness (QED) is 0.747. The number of likely N-dealkylation sites (tertiary alicyclic amines) is 2. The number of aromatic nitrogens is 4. The van der Waals surface area contributed by atoms with E-state index in [-0.39, 0.29) is 29.0 Å². The molecule has 31 heavy (non-hydrogen) atoms. The molecular formula is C20H22F4N6O. The predicted molar refractivity (Wildman–Crippen MR) is 100 cm³/mol. The molecule has 0 radical (unpaired) electrons. The fraction of sp³-hybridized carbons (Fsp3) is 0.600. The maximum absolute atomic E-state index is 14.0. The van der Waals surface area contributed by atoms with Crippen LogP contribution in [0.1, 0.15) is 42.3 Å². The van der Waals surface area contributed by atoms with Gasteiger partial charge in [-0.15, -0.1) is 0 Å². The van der Waals surface area contributed by atoms with Crippen LogP contribution in [-0.4, -0.2) is 62.2 Å². The first kappa shape index (κ1) is 20.2. The third kappa shape index (κ3) is 3.74. The lowest BCUT2D eigenvalue weighted by atomic mass is 9.57. The fourth-order valence-electron chi connectivity index (χ4n) is 5.28. The highest BCUT2D eigenvalue weighted by Crippen LogP contribution is 2.53. The molecule has 166 valence electrons. The Kier molecular flexibility index (Phi) is 4.67. The molecule has 2 saturated heterocycles. The molecule has 5 rings (SSSR count). The number of nitrogens with one attached hydrogen (secondary N) is 1. The Balaban J connectivity index is 1.10. The van der Waals surface area contributed by atoms with Crippen molar-refractivity contribution >= 4 is 6.03 Å². The summed E-state index contributed by atoms with van der Waals surface area (Å²) in [5.41, 5.74) is -0.928. The van der Waals surface area contributed by atoms with Gasteiger partial charge in [0.15, 0.2) is 0 Å². The number of nitrogens with zero attached hydrogens (tertiary/aromatic N) is 5. The van der Waals surface area contributed by atoms with Gasteiger partial charge in [0.25, 0.3) is 0 Å². The van der Waals surface area contributed by atoms with Crippen molar-refractivity contribution in [1.29, 1.82) is 0 Å². The number of hydrogen-bond donors (Lipinski definition) is 1. The molecule has 0 aromatic carbocycles. The van der Waals surface area contributed by atoms with Gasteiger partial charge in [-0.3, -0.25) is 10.1 Å². The van der Waals surface area contributed by atoms with Crippen LogP contribution in [0.25, 0.3) is 0 Å². The van der Waals surface area contributed by atoms with Crippen molar-refractivity contribution in [3.63, 3.8) is 0 Å². The van der Waals surface area contributed by atoms with Crippen LogP contribution >= 0.6 is 0 Å². The van der Waals surface area contributed by atoms with E-state index in [0.717, 1.165) is 25.1 Å². The van der Waals surface area contributed by atoms with E-state index in [1.807, 2.05) is 9.80 Å². The molecule has 1 unspecified atom stereocenters. The molecule has 1 aliphatic carbocycles. The highest BCUT2D eigenvalue weighted by atomic mass is 19.4. The Bertz CT molecular complexity index is 965. The minimum absolute atomic E-state index is 0.0338. The standard InChI is InChI=1S/C20H22F4N6O/c21-15-4-14(20(22,23)24)7-25-16(15)3-12-5-19(6-12)9-30(10-19)18(31)29-2-1-13(8-29)17-26-11-27-28-17/h4,7,11-13H,1-3,5-6,8-10H2,(H,26,27,28). The number of urea groups is 1. The molecule has 2 aromatic rings. The number of hydrogen-bond acceptors (Lipinski definition) is 4. The molecule has 4 heterocycles. The normalized spacial score (nSPS) is 23.2. The SMILES string of the molecule is O=C(N1CCC(c2ncn[nH]2)C1)N1CC2(CC(Cc3ncc(C(F)(F)F)cc3F)C2)C1. The summed E-state index contributed by atoms with van der Waals surface area (Å²) in [4.78, 5) is 24.3. The third-order valence-corrected chi connectivity index (χ3v) is 6.77. The van der Waals surface area contributed by atoms with Crippen LogP contribution in [0.3, 0.4) is 0 Å². The number of pyridine rings is 1. The minimum Gasteiger partial charge on any atom is -0.324 e. The predicted octanol–water partition coefficient (Wildman–Crippen LogP) is 3.22. The van der Waals surface area contributed by atoms with Crippen molar-refractivity contribution in [2.75, 3.05) is 26.2 Å². The van der Waals surface area contributed by atoms with Gasteiger partial charge in [0.2, 0.25) is 0 Å². The molecule has 1 saturated carbocycles. The van der Waals surface area contributed by atoms with Crippen LogP contribution in [0.4, 0.5) is 22.4 Å². The summed E-state index contributed by atoms with van der Waals surface area (Å²) in [7, 11) is 0. The van der Waals surface area contributed by atoms with Crippen molar-refractivity contribution in [1.82, 2.24) is 30.0 Å². The van der Waals surface area contributed by atoms with Gasteiger partial charge in [-0.25, -0.2) is 14.2 Å². The van der Waals surface area contributed by atoms with E-state index in [4.69, 9.17) is 0 Å². The van der Waals surface area contributed by atoms with Gasteiger partial charge >= 0.3 is 12.2 Å². The Morgan fingerprint density at radius 2 is 2.00 bits per heavy atom. The van der Waals surface area contributed by atoms with E-state index in [9.17, 15) is 22.4 Å². The Morgan fingerprint density at radius 1 is 1.23 bits per heavy atom. The summed E-state index contributed by atoms with van der Waals surface area (Å²) in [6.45, 7) is 2.66. The number of rotatable bonds is 3. The van der Waals surface area contributed by atoms with Crippen LogP contribution < -0.4 is 0 Å². The molecule has 0 bridgehead atoms. The molecule has 2 aromatic heterocycles. The molecule has 1 spiro atoms. The van der Waals surface area contributed by atoms with E-state index < -0.39 is 17.6 Å². The number of amides is 2. The molecule has 3 fully saturated rings. The Hall–Kier alpha value is -2.72. The second-order valence-electron chi connectivity index (χ2n) is 9.07. The molecule has 7 nitrogen and oxygen atoms in total. The lowest BCUT2D eigenvalue weighted by Crippen LogP contribution is -2.65. The van der Waals surface area contributed by atoms with Crippen molar-refractivity contribution in [2.24, 2.45) is 11.3 Å². The maximum atomic E-state index is 14.0. The number of carbonyl (C=O) groups is 1. The smallest absolute Gasteiger partial charge is 0.324 e. The zero-order valence-electron chi connectivity index (χ0n) is 16.7. The first-order valence-corrected chi connectivity index (χ1v) is 10.3. The summed E-state index contributed by atoms with van der Waals surface area (Å²) in [6, 6.07) is 0.550. The summed E-state index contributed by atoms with van der Waals surface area (Å²) < 4.78 is 52.0. The van der Waals surface area contributed by atoms with Crippen LogP contribution in [0.15, 0.2) is 18.6 Å². The zero-order chi connectivity index (χ0) is 21.8. The van der Waals surface area contributed by atoms with Crippen LogP contribution in [0.2, 0.25) is 0 Å². The molecule has 2 amide bonds. The van der Waals surface area contributed by atoms with Crippen molar-refractivity contribution in [3.05, 3.63) is 41.5 Å². The van der Waals surface area contributed by atoms with Gasteiger partial charge in [-0.1, -0.05) is 0 Å². The van der Waals surface area contributed by atoms with Gasteiger partial charge in [0.05, 0.1) is 11.3 Å². The average Bonchev–Trinajstić information content (AvgIpc) is 3.33. The maximum Gasteiger partial charge on any atom is 0.417 e. The summed E-state index contributed by atoms with van der Waals surface area (Å²) in [6.07, 6.45) is 0.410. The average molecular weight is 438 g/mol. The summed E-state index contributed by atoms with van der Waals surface area (Å²) in [5, 5.41) is 6.73. The molecule has 1 N–H and O–H groups in total. The van der Waals surface area contributed by atoms with Crippen molar-refractivity contribution < 1.29 is 22.4 Å². The monoisotopic (exact) mass is 438 g/mol. The van der Waals surface area contributed by atoms with E-state index in [0.29, 0.717) is 44.9 Å². The number of alkyl halides is 3. The molecular weight excluding hydrogens is 416 g/mol. The third-order valence-electron chi connectivity index (χ3n) is 6.77. The number of H-pyrrole nitrogens is 1. The highest BCUT2D eigenvalue weighted by Gasteiger charge is 2.54. The van der Waals surface area contributed by atoms with Crippen LogP contribution in [0, 0.1) is 17.2 Å². The van der Waals surface area contributed by atoms with Crippen molar-refractivity contribution in [3.8, 4) is 0 Å². The van der Waals surface area contributed by atoms with Gasteiger partial charge in [-0.2, -0.15) is 18.3 Å². The Morgan fingerprint density at radius 3 is 2.65 bits per heavy atom. The highest BCUT2D eigenvalue weighted by molar-refractivity contribution is 5.76. The molecule has 3 aliphatic rings.